The van der Waals surface area contributed by atoms with E-state index in [9.17, 15) is 0 Å². The fraction of sp³-hybridized carbons (Fsp3) is 0.500. The molecule has 1 heterocycles. The Morgan fingerprint density at radius 3 is 3.00 bits per heavy atom. The first-order chi connectivity index (χ1) is 7.42. The second-order valence-electron chi connectivity index (χ2n) is 3.81. The highest BCUT2D eigenvalue weighted by Crippen LogP contribution is 2.37. The molecule has 1 atom stereocenters. The molecule has 3 heteroatoms. The first-order valence-corrected chi connectivity index (χ1v) is 5.48. The molecule has 15 heavy (non-hydrogen) atoms. The van der Waals surface area contributed by atoms with Crippen LogP contribution in [0.2, 0.25) is 0 Å². The molecular weight excluding hydrogens is 190 g/mol. The molecule has 82 valence electrons. The summed E-state index contributed by atoms with van der Waals surface area (Å²) in [6.45, 7) is 1.06. The maximum absolute atomic E-state index is 5.28. The van der Waals surface area contributed by atoms with Gasteiger partial charge in [0, 0.05) is 5.56 Å². The van der Waals surface area contributed by atoms with Crippen LogP contribution in [0.3, 0.4) is 0 Å². The minimum Gasteiger partial charge on any atom is -0.337 e. The van der Waals surface area contributed by atoms with Crippen LogP contribution < -0.4 is 10.2 Å². The molecule has 0 saturated heterocycles. The first kappa shape index (κ1) is 10.5. The first-order valence-electron chi connectivity index (χ1n) is 5.48. The zero-order chi connectivity index (χ0) is 10.5. The standard InChI is InChI=1S/C12H17NO2/c1-13-9-5-4-8-12-10-6-2-3-7-11(10)14-15-12/h2-3,6-7,12-13H,4-5,8-9H2,1H3. The normalized spacial score (nSPS) is 18.6. The lowest BCUT2D eigenvalue weighted by Gasteiger charge is -2.06. The molecule has 0 spiro atoms. The molecule has 1 aromatic rings. The SMILES string of the molecule is CNCCCCC1OOc2ccccc21. The predicted molar refractivity (Wildman–Crippen MR) is 58.7 cm³/mol. The van der Waals surface area contributed by atoms with Crippen molar-refractivity contribution in [2.45, 2.75) is 25.4 Å². The van der Waals surface area contributed by atoms with Gasteiger partial charge in [-0.25, -0.2) is 0 Å². The highest BCUT2D eigenvalue weighted by Gasteiger charge is 2.24. The minimum absolute atomic E-state index is 0.123. The van der Waals surface area contributed by atoms with E-state index in [0.29, 0.717) is 0 Å². The maximum Gasteiger partial charge on any atom is 0.171 e. The Kier molecular flexibility index (Phi) is 3.59. The third-order valence-electron chi connectivity index (χ3n) is 2.66. The number of rotatable bonds is 5. The molecule has 2 rings (SSSR count). The summed E-state index contributed by atoms with van der Waals surface area (Å²) in [5.74, 6) is 0.871. The Morgan fingerprint density at radius 1 is 1.27 bits per heavy atom. The van der Waals surface area contributed by atoms with Crippen molar-refractivity contribution in [2.24, 2.45) is 0 Å². The van der Waals surface area contributed by atoms with Crippen LogP contribution in [0.25, 0.3) is 0 Å². The van der Waals surface area contributed by atoms with E-state index in [1.165, 1.54) is 12.0 Å². The van der Waals surface area contributed by atoms with Gasteiger partial charge in [-0.05, 0) is 38.9 Å². The van der Waals surface area contributed by atoms with E-state index < -0.39 is 0 Å². The van der Waals surface area contributed by atoms with Crippen LogP contribution in [0, 0.1) is 0 Å². The van der Waals surface area contributed by atoms with Crippen molar-refractivity contribution in [3.63, 3.8) is 0 Å². The zero-order valence-corrected chi connectivity index (χ0v) is 9.03. The highest BCUT2D eigenvalue weighted by atomic mass is 17.2. The van der Waals surface area contributed by atoms with Crippen molar-refractivity contribution in [2.75, 3.05) is 13.6 Å². The number of benzene rings is 1. The van der Waals surface area contributed by atoms with Gasteiger partial charge in [0.15, 0.2) is 5.75 Å². The van der Waals surface area contributed by atoms with Gasteiger partial charge in [0.1, 0.15) is 6.10 Å². The number of unbranched alkanes of at least 4 members (excludes halogenated alkanes) is 1. The summed E-state index contributed by atoms with van der Waals surface area (Å²) in [6, 6.07) is 8.01. The van der Waals surface area contributed by atoms with Crippen molar-refractivity contribution in [3.05, 3.63) is 29.8 Å². The summed E-state index contributed by atoms with van der Waals surface area (Å²) in [4.78, 5) is 10.4. The molecular formula is C12H17NO2. The molecule has 1 aliphatic rings. The van der Waals surface area contributed by atoms with Crippen LogP contribution in [0.1, 0.15) is 30.9 Å². The Morgan fingerprint density at radius 2 is 2.13 bits per heavy atom. The molecule has 0 radical (unpaired) electrons. The third-order valence-corrected chi connectivity index (χ3v) is 2.66. The van der Waals surface area contributed by atoms with Crippen molar-refractivity contribution in [3.8, 4) is 5.75 Å². The molecule has 1 aromatic carbocycles. The van der Waals surface area contributed by atoms with Gasteiger partial charge in [0.2, 0.25) is 0 Å². The molecule has 1 unspecified atom stereocenters. The van der Waals surface area contributed by atoms with Crippen LogP contribution >= 0.6 is 0 Å². The molecule has 0 amide bonds. The molecule has 0 aliphatic carbocycles. The van der Waals surface area contributed by atoms with Crippen LogP contribution in [0.5, 0.6) is 5.75 Å². The number of para-hydroxylation sites is 1. The van der Waals surface area contributed by atoms with Crippen molar-refractivity contribution in [1.82, 2.24) is 5.32 Å². The summed E-state index contributed by atoms with van der Waals surface area (Å²) < 4.78 is 0. The summed E-state index contributed by atoms with van der Waals surface area (Å²) in [5, 5.41) is 3.14. The van der Waals surface area contributed by atoms with Gasteiger partial charge in [0.25, 0.3) is 0 Å². The van der Waals surface area contributed by atoms with Crippen molar-refractivity contribution >= 4 is 0 Å². The Balaban J connectivity index is 1.85. The molecule has 3 nitrogen and oxygen atoms in total. The molecule has 1 aliphatic heterocycles. The van der Waals surface area contributed by atoms with Gasteiger partial charge in [0.05, 0.1) is 0 Å². The van der Waals surface area contributed by atoms with Gasteiger partial charge in [-0.3, -0.25) is 0 Å². The summed E-state index contributed by atoms with van der Waals surface area (Å²) in [5.41, 5.74) is 1.18. The molecule has 0 fully saturated rings. The Bertz CT molecular complexity index is 314. The molecule has 0 aromatic heterocycles. The van der Waals surface area contributed by atoms with E-state index in [1.807, 2.05) is 25.2 Å². The number of hydrogen-bond acceptors (Lipinski definition) is 3. The summed E-state index contributed by atoms with van der Waals surface area (Å²) >= 11 is 0. The van der Waals surface area contributed by atoms with E-state index in [4.69, 9.17) is 9.78 Å². The van der Waals surface area contributed by atoms with Crippen LogP contribution in [0.4, 0.5) is 0 Å². The Labute approximate surface area is 90.3 Å². The lowest BCUT2D eigenvalue weighted by molar-refractivity contribution is -0.225. The van der Waals surface area contributed by atoms with E-state index in [2.05, 4.69) is 11.4 Å². The monoisotopic (exact) mass is 207 g/mol. The van der Waals surface area contributed by atoms with E-state index in [-0.39, 0.29) is 6.10 Å². The fourth-order valence-corrected chi connectivity index (χ4v) is 1.82. The lowest BCUT2D eigenvalue weighted by atomic mass is 10.0. The lowest BCUT2D eigenvalue weighted by Crippen LogP contribution is -2.08. The van der Waals surface area contributed by atoms with E-state index >= 15 is 0 Å². The van der Waals surface area contributed by atoms with Gasteiger partial charge >= 0.3 is 0 Å². The molecule has 0 saturated carbocycles. The largest absolute Gasteiger partial charge is 0.337 e. The van der Waals surface area contributed by atoms with Crippen LogP contribution in [-0.2, 0) is 4.89 Å². The summed E-state index contributed by atoms with van der Waals surface area (Å²) in [7, 11) is 1.98. The molecule has 0 bridgehead atoms. The highest BCUT2D eigenvalue weighted by molar-refractivity contribution is 5.36. The fourth-order valence-electron chi connectivity index (χ4n) is 1.82. The Hall–Kier alpha value is -1.06. The topological polar surface area (TPSA) is 30.5 Å². The minimum atomic E-state index is 0.123. The average molecular weight is 207 g/mol. The molecule has 1 N–H and O–H groups in total. The van der Waals surface area contributed by atoms with Gasteiger partial charge in [-0.15, -0.1) is 0 Å². The maximum atomic E-state index is 5.28. The van der Waals surface area contributed by atoms with E-state index in [0.717, 1.165) is 25.1 Å². The van der Waals surface area contributed by atoms with Gasteiger partial charge in [-0.2, -0.15) is 4.89 Å². The zero-order valence-electron chi connectivity index (χ0n) is 9.03. The smallest absolute Gasteiger partial charge is 0.171 e. The predicted octanol–water partition coefficient (Wildman–Crippen LogP) is 2.44. The number of fused-ring (bicyclic) bond motifs is 1. The second kappa shape index (κ2) is 5.14. The quantitative estimate of drug-likeness (QED) is 0.594. The number of nitrogens with one attached hydrogen (secondary N) is 1. The van der Waals surface area contributed by atoms with E-state index in [1.54, 1.807) is 0 Å². The van der Waals surface area contributed by atoms with Crippen molar-refractivity contribution < 1.29 is 9.78 Å². The van der Waals surface area contributed by atoms with Crippen LogP contribution in [-0.4, -0.2) is 13.6 Å². The van der Waals surface area contributed by atoms with Gasteiger partial charge in [-0.1, -0.05) is 18.2 Å². The van der Waals surface area contributed by atoms with Crippen molar-refractivity contribution in [1.29, 1.82) is 0 Å². The average Bonchev–Trinajstić information content (AvgIpc) is 2.68. The van der Waals surface area contributed by atoms with Gasteiger partial charge < -0.3 is 10.2 Å². The summed E-state index contributed by atoms with van der Waals surface area (Å²) in [6.07, 6.45) is 3.48. The number of hydrogen-bond donors (Lipinski definition) is 1. The third kappa shape index (κ3) is 2.49. The van der Waals surface area contributed by atoms with Crippen LogP contribution in [0.15, 0.2) is 24.3 Å². The second-order valence-corrected chi connectivity index (χ2v) is 3.81.